The number of ether oxygens (including phenoxy) is 1. The number of hydrogen-bond acceptors (Lipinski definition) is 5. The van der Waals surface area contributed by atoms with Gasteiger partial charge in [-0.2, -0.15) is 11.8 Å². The summed E-state index contributed by atoms with van der Waals surface area (Å²) in [6, 6.07) is 14.4. The molecule has 1 saturated carbocycles. The van der Waals surface area contributed by atoms with E-state index < -0.39 is 30.1 Å². The van der Waals surface area contributed by atoms with Crippen LogP contribution in [-0.4, -0.2) is 53.8 Å². The van der Waals surface area contributed by atoms with E-state index >= 15 is 0 Å². The fraction of sp³-hybridized carbons (Fsp3) is 0.423. The van der Waals surface area contributed by atoms with Gasteiger partial charge in [-0.25, -0.2) is 9.59 Å². The highest BCUT2D eigenvalue weighted by atomic mass is 32.2. The Morgan fingerprint density at radius 3 is 2.18 bits per heavy atom. The lowest BCUT2D eigenvalue weighted by molar-refractivity contribution is -0.142. The molecule has 7 nitrogen and oxygen atoms in total. The van der Waals surface area contributed by atoms with E-state index in [2.05, 4.69) is 22.8 Å². The summed E-state index contributed by atoms with van der Waals surface area (Å²) in [4.78, 5) is 37.1. The predicted molar refractivity (Wildman–Crippen MR) is 132 cm³/mol. The van der Waals surface area contributed by atoms with Crippen LogP contribution >= 0.6 is 11.8 Å². The predicted octanol–water partition coefficient (Wildman–Crippen LogP) is 4.02. The third-order valence-corrected chi connectivity index (χ3v) is 7.09. The molecule has 3 N–H and O–H groups in total. The minimum Gasteiger partial charge on any atom is -0.480 e. The number of rotatable bonds is 11. The van der Waals surface area contributed by atoms with Crippen LogP contribution in [0.1, 0.15) is 42.7 Å². The van der Waals surface area contributed by atoms with Gasteiger partial charge in [0, 0.05) is 5.92 Å². The van der Waals surface area contributed by atoms with E-state index in [1.807, 2.05) is 42.7 Å². The van der Waals surface area contributed by atoms with Crippen molar-refractivity contribution in [2.45, 2.75) is 43.7 Å². The van der Waals surface area contributed by atoms with Crippen LogP contribution in [0.2, 0.25) is 0 Å². The van der Waals surface area contributed by atoms with Gasteiger partial charge in [-0.05, 0) is 53.0 Å². The van der Waals surface area contributed by atoms with Crippen molar-refractivity contribution in [1.29, 1.82) is 0 Å². The summed E-state index contributed by atoms with van der Waals surface area (Å²) >= 11 is 1.55. The van der Waals surface area contributed by atoms with Gasteiger partial charge >= 0.3 is 12.1 Å². The van der Waals surface area contributed by atoms with E-state index in [1.54, 1.807) is 11.8 Å². The van der Waals surface area contributed by atoms with Crippen LogP contribution in [0.15, 0.2) is 48.5 Å². The van der Waals surface area contributed by atoms with Gasteiger partial charge in [-0.15, -0.1) is 0 Å². The van der Waals surface area contributed by atoms with Crippen LogP contribution in [0, 0.1) is 5.92 Å². The normalized spacial score (nSPS) is 16.1. The summed E-state index contributed by atoms with van der Waals surface area (Å²) in [6.07, 6.45) is 4.02. The molecule has 0 spiro atoms. The molecule has 0 aromatic heterocycles. The van der Waals surface area contributed by atoms with Crippen molar-refractivity contribution in [2.75, 3.05) is 18.6 Å². The summed E-state index contributed by atoms with van der Waals surface area (Å²) < 4.78 is 5.57. The van der Waals surface area contributed by atoms with E-state index in [-0.39, 0.29) is 12.5 Å². The number of nitrogens with one attached hydrogen (secondary N) is 2. The minimum atomic E-state index is -1.05. The number of carbonyl (C=O) groups excluding carboxylic acids is 2. The van der Waals surface area contributed by atoms with Crippen molar-refractivity contribution < 1.29 is 24.2 Å². The third kappa shape index (κ3) is 5.73. The maximum absolute atomic E-state index is 12.8. The molecule has 2 atom stereocenters. The SMILES string of the molecule is CSCCC(NC(=O)OCC1c2ccccc2-c2ccccc21)C(=O)N[C@@H](CC1CC1)C(=O)O. The molecule has 8 heteroatoms. The number of thioether (sulfide) groups is 1. The Hall–Kier alpha value is -3.00. The van der Waals surface area contributed by atoms with Crippen molar-refractivity contribution in [3.05, 3.63) is 59.7 Å². The molecule has 0 aliphatic heterocycles. The van der Waals surface area contributed by atoms with Crippen molar-refractivity contribution in [3.8, 4) is 11.1 Å². The zero-order valence-corrected chi connectivity index (χ0v) is 20.0. The summed E-state index contributed by atoms with van der Waals surface area (Å²) in [7, 11) is 0. The van der Waals surface area contributed by atoms with Gasteiger partial charge in [0.05, 0.1) is 0 Å². The molecule has 2 aliphatic carbocycles. The summed E-state index contributed by atoms with van der Waals surface area (Å²) in [5.74, 6) is -0.629. The lowest BCUT2D eigenvalue weighted by Crippen LogP contribution is -2.52. The van der Waals surface area contributed by atoms with Crippen molar-refractivity contribution in [3.63, 3.8) is 0 Å². The molecule has 0 radical (unpaired) electrons. The van der Waals surface area contributed by atoms with Gasteiger partial charge in [-0.1, -0.05) is 61.4 Å². The average Bonchev–Trinajstić information content (AvgIpc) is 3.60. The number of aliphatic carboxylic acids is 1. The first-order valence-electron chi connectivity index (χ1n) is 11.6. The third-order valence-electron chi connectivity index (χ3n) is 6.44. The topological polar surface area (TPSA) is 105 Å². The number of amides is 2. The number of hydrogen-bond donors (Lipinski definition) is 3. The highest BCUT2D eigenvalue weighted by Gasteiger charge is 2.33. The number of alkyl carbamates (subject to hydrolysis) is 1. The summed E-state index contributed by atoms with van der Waals surface area (Å²) in [5.41, 5.74) is 4.49. The maximum Gasteiger partial charge on any atom is 0.407 e. The van der Waals surface area contributed by atoms with Gasteiger partial charge in [0.2, 0.25) is 5.91 Å². The van der Waals surface area contributed by atoms with Crippen molar-refractivity contribution >= 4 is 29.7 Å². The Kier molecular flexibility index (Phi) is 7.77. The summed E-state index contributed by atoms with van der Waals surface area (Å²) in [6.45, 7) is 0.149. The van der Waals surface area contributed by atoms with E-state index in [0.717, 1.165) is 35.1 Å². The van der Waals surface area contributed by atoms with Crippen LogP contribution < -0.4 is 10.6 Å². The molecule has 0 bridgehead atoms. The van der Waals surface area contributed by atoms with E-state index in [1.165, 1.54) is 0 Å². The Balaban J connectivity index is 1.38. The first-order valence-corrected chi connectivity index (χ1v) is 13.0. The highest BCUT2D eigenvalue weighted by molar-refractivity contribution is 7.98. The lowest BCUT2D eigenvalue weighted by atomic mass is 9.98. The second-order valence-corrected chi connectivity index (χ2v) is 9.87. The summed E-state index contributed by atoms with van der Waals surface area (Å²) in [5, 5.41) is 14.7. The minimum absolute atomic E-state index is 0.0773. The molecule has 1 fully saturated rings. The molecule has 34 heavy (non-hydrogen) atoms. The second kappa shape index (κ2) is 11.0. The van der Waals surface area contributed by atoms with Gasteiger partial charge in [0.25, 0.3) is 0 Å². The number of carboxylic acid groups (broad SMARTS) is 1. The fourth-order valence-corrected chi connectivity index (χ4v) is 4.94. The second-order valence-electron chi connectivity index (χ2n) is 8.88. The van der Waals surface area contributed by atoms with Gasteiger partial charge < -0.3 is 20.5 Å². The van der Waals surface area contributed by atoms with Crippen molar-refractivity contribution in [2.24, 2.45) is 5.92 Å². The molecular formula is C26H30N2O5S. The van der Waals surface area contributed by atoms with Crippen LogP contribution in [0.3, 0.4) is 0 Å². The van der Waals surface area contributed by atoms with Crippen LogP contribution in [0.5, 0.6) is 0 Å². The monoisotopic (exact) mass is 482 g/mol. The van der Waals surface area contributed by atoms with E-state index in [9.17, 15) is 19.5 Å². The molecular weight excluding hydrogens is 452 g/mol. The molecule has 1 unspecified atom stereocenters. The molecule has 4 rings (SSSR count). The van der Waals surface area contributed by atoms with Crippen LogP contribution in [0.4, 0.5) is 4.79 Å². The molecule has 180 valence electrons. The van der Waals surface area contributed by atoms with E-state index in [4.69, 9.17) is 4.74 Å². The molecule has 2 aromatic carbocycles. The largest absolute Gasteiger partial charge is 0.480 e. The Morgan fingerprint density at radius 1 is 1.00 bits per heavy atom. The Bertz CT molecular complexity index is 1010. The lowest BCUT2D eigenvalue weighted by Gasteiger charge is -2.22. The smallest absolute Gasteiger partial charge is 0.407 e. The molecule has 0 heterocycles. The number of fused-ring (bicyclic) bond motifs is 3. The highest BCUT2D eigenvalue weighted by Crippen LogP contribution is 2.44. The van der Waals surface area contributed by atoms with Crippen LogP contribution in [0.25, 0.3) is 11.1 Å². The molecule has 2 aliphatic rings. The zero-order chi connectivity index (χ0) is 24.1. The van der Waals surface area contributed by atoms with Crippen molar-refractivity contribution in [1.82, 2.24) is 10.6 Å². The van der Waals surface area contributed by atoms with Crippen LogP contribution in [-0.2, 0) is 14.3 Å². The molecule has 2 amide bonds. The number of carbonyl (C=O) groups is 3. The number of benzene rings is 2. The quantitative estimate of drug-likeness (QED) is 0.447. The Labute approximate surface area is 203 Å². The Morgan fingerprint density at radius 2 is 1.62 bits per heavy atom. The fourth-order valence-electron chi connectivity index (χ4n) is 4.47. The van der Waals surface area contributed by atoms with Gasteiger partial charge in [0.1, 0.15) is 18.7 Å². The zero-order valence-electron chi connectivity index (χ0n) is 19.2. The molecule has 2 aromatic rings. The van der Waals surface area contributed by atoms with Gasteiger partial charge in [-0.3, -0.25) is 4.79 Å². The van der Waals surface area contributed by atoms with E-state index in [0.29, 0.717) is 24.5 Å². The average molecular weight is 483 g/mol. The first-order chi connectivity index (χ1) is 16.5. The standard InChI is InChI=1S/C26H30N2O5S/c1-34-13-12-22(24(29)27-23(25(30)31)14-16-10-11-16)28-26(32)33-15-21-19-8-4-2-6-17(19)18-7-3-5-9-20(18)21/h2-9,16,21-23H,10-15H2,1H3,(H,27,29)(H,28,32)(H,30,31)/t22?,23-/m0/s1. The first kappa shape index (κ1) is 24.1. The molecule has 0 saturated heterocycles. The maximum atomic E-state index is 12.8. The number of carboxylic acids is 1. The van der Waals surface area contributed by atoms with Gasteiger partial charge in [0.15, 0.2) is 0 Å².